The molecule has 0 bridgehead atoms. The van der Waals surface area contributed by atoms with E-state index in [1.54, 1.807) is 0 Å². The van der Waals surface area contributed by atoms with E-state index in [4.69, 9.17) is 5.11 Å². The minimum Gasteiger partial charge on any atom is -0.396 e. The molecule has 0 spiro atoms. The molecule has 0 aliphatic heterocycles. The first-order valence-corrected chi connectivity index (χ1v) is 3.40. The standard InChI is InChI=1S/C6H14N2O/c1-7-8-6-2-5(3-6)4-9/h5-9H,2-4H2,1H3. The molecule has 0 unspecified atom stereocenters. The molecule has 1 aliphatic rings. The largest absolute Gasteiger partial charge is 0.396 e. The fourth-order valence-electron chi connectivity index (χ4n) is 1.21. The maximum Gasteiger partial charge on any atom is 0.0460 e. The normalized spacial score (nSPS) is 34.0. The second-order valence-corrected chi connectivity index (χ2v) is 2.61. The molecule has 3 heteroatoms. The molecule has 0 aromatic rings. The zero-order chi connectivity index (χ0) is 6.69. The van der Waals surface area contributed by atoms with Crippen molar-refractivity contribution in [2.75, 3.05) is 13.7 Å². The van der Waals surface area contributed by atoms with E-state index in [9.17, 15) is 0 Å². The van der Waals surface area contributed by atoms with Gasteiger partial charge in [-0.25, -0.2) is 0 Å². The van der Waals surface area contributed by atoms with E-state index >= 15 is 0 Å². The van der Waals surface area contributed by atoms with Gasteiger partial charge in [0.1, 0.15) is 0 Å². The van der Waals surface area contributed by atoms with Crippen molar-refractivity contribution in [2.24, 2.45) is 5.92 Å². The molecule has 0 saturated heterocycles. The molecule has 0 aromatic carbocycles. The number of rotatable bonds is 3. The molecule has 1 fully saturated rings. The van der Waals surface area contributed by atoms with Crippen LogP contribution in [0.25, 0.3) is 0 Å². The summed E-state index contributed by atoms with van der Waals surface area (Å²) in [7, 11) is 1.87. The van der Waals surface area contributed by atoms with E-state index < -0.39 is 0 Å². The van der Waals surface area contributed by atoms with Gasteiger partial charge in [0, 0.05) is 12.6 Å². The van der Waals surface area contributed by atoms with E-state index in [0.29, 0.717) is 18.6 Å². The van der Waals surface area contributed by atoms with Crippen LogP contribution >= 0.6 is 0 Å². The molecular weight excluding hydrogens is 116 g/mol. The van der Waals surface area contributed by atoms with Crippen molar-refractivity contribution in [3.05, 3.63) is 0 Å². The van der Waals surface area contributed by atoms with Crippen LogP contribution < -0.4 is 10.9 Å². The van der Waals surface area contributed by atoms with Crippen LogP contribution in [0, 0.1) is 5.92 Å². The molecule has 1 aliphatic carbocycles. The predicted octanol–water partition coefficient (Wildman–Crippen LogP) is -0.519. The highest BCUT2D eigenvalue weighted by Gasteiger charge is 2.27. The van der Waals surface area contributed by atoms with Gasteiger partial charge in [0.25, 0.3) is 0 Å². The van der Waals surface area contributed by atoms with Gasteiger partial charge in [0.05, 0.1) is 0 Å². The first kappa shape index (κ1) is 6.99. The molecule has 54 valence electrons. The molecule has 0 aromatic heterocycles. The summed E-state index contributed by atoms with van der Waals surface area (Å²) in [6.07, 6.45) is 2.22. The minimum atomic E-state index is 0.349. The van der Waals surface area contributed by atoms with Crippen LogP contribution in [0.4, 0.5) is 0 Å². The zero-order valence-corrected chi connectivity index (χ0v) is 5.72. The molecule has 3 N–H and O–H groups in total. The third-order valence-electron chi connectivity index (χ3n) is 1.84. The summed E-state index contributed by atoms with van der Waals surface area (Å²) in [6, 6.07) is 0.590. The van der Waals surface area contributed by atoms with Crippen LogP contribution in [0.5, 0.6) is 0 Å². The topological polar surface area (TPSA) is 44.3 Å². The van der Waals surface area contributed by atoms with Crippen molar-refractivity contribution in [3.8, 4) is 0 Å². The lowest BCUT2D eigenvalue weighted by molar-refractivity contribution is 0.121. The average Bonchev–Trinajstić information content (AvgIpc) is 1.77. The zero-order valence-electron chi connectivity index (χ0n) is 5.72. The van der Waals surface area contributed by atoms with Crippen molar-refractivity contribution >= 4 is 0 Å². The van der Waals surface area contributed by atoms with Gasteiger partial charge in [-0.1, -0.05) is 0 Å². The Kier molecular flexibility index (Phi) is 2.45. The Hall–Kier alpha value is -0.120. The molecular formula is C6H14N2O. The maximum absolute atomic E-state index is 8.62. The SMILES string of the molecule is CNNC1CC(CO)C1. The minimum absolute atomic E-state index is 0.349. The Labute approximate surface area is 55.4 Å². The van der Waals surface area contributed by atoms with Crippen LogP contribution in [0.1, 0.15) is 12.8 Å². The monoisotopic (exact) mass is 130 g/mol. The second kappa shape index (κ2) is 3.15. The van der Waals surface area contributed by atoms with Gasteiger partial charge in [0.2, 0.25) is 0 Å². The first-order valence-electron chi connectivity index (χ1n) is 3.40. The molecule has 9 heavy (non-hydrogen) atoms. The van der Waals surface area contributed by atoms with Crippen molar-refractivity contribution in [1.29, 1.82) is 0 Å². The summed E-state index contributed by atoms with van der Waals surface area (Å²) in [5, 5.41) is 8.62. The molecule has 0 radical (unpaired) electrons. The van der Waals surface area contributed by atoms with Crippen LogP contribution in [-0.2, 0) is 0 Å². The molecule has 0 heterocycles. The molecule has 0 atom stereocenters. The van der Waals surface area contributed by atoms with Crippen molar-refractivity contribution in [1.82, 2.24) is 10.9 Å². The third kappa shape index (κ3) is 1.64. The first-order chi connectivity index (χ1) is 4.36. The summed E-state index contributed by atoms with van der Waals surface area (Å²) in [5.41, 5.74) is 5.97. The highest BCUT2D eigenvalue weighted by molar-refractivity contribution is 4.82. The van der Waals surface area contributed by atoms with Gasteiger partial charge in [-0.05, 0) is 25.8 Å². The lowest BCUT2D eigenvalue weighted by Gasteiger charge is -2.34. The van der Waals surface area contributed by atoms with Gasteiger partial charge in [0.15, 0.2) is 0 Å². The van der Waals surface area contributed by atoms with Gasteiger partial charge in [-0.2, -0.15) is 0 Å². The van der Waals surface area contributed by atoms with E-state index in [-0.39, 0.29) is 0 Å². The van der Waals surface area contributed by atoms with E-state index in [1.165, 1.54) is 0 Å². The highest BCUT2D eigenvalue weighted by atomic mass is 16.3. The van der Waals surface area contributed by atoms with Crippen LogP contribution in [0.3, 0.4) is 0 Å². The number of nitrogens with one attached hydrogen (secondary N) is 2. The van der Waals surface area contributed by atoms with E-state index in [2.05, 4.69) is 10.9 Å². The summed E-state index contributed by atoms with van der Waals surface area (Å²) in [6.45, 7) is 0.349. The summed E-state index contributed by atoms with van der Waals surface area (Å²) < 4.78 is 0. The molecule has 0 amide bonds. The molecule has 1 rings (SSSR count). The Balaban J connectivity index is 1.98. The number of hydrogen-bond acceptors (Lipinski definition) is 3. The van der Waals surface area contributed by atoms with Crippen molar-refractivity contribution in [3.63, 3.8) is 0 Å². The number of hydrogen-bond donors (Lipinski definition) is 3. The van der Waals surface area contributed by atoms with Crippen LogP contribution in [0.2, 0.25) is 0 Å². The van der Waals surface area contributed by atoms with Gasteiger partial charge < -0.3 is 5.11 Å². The lowest BCUT2D eigenvalue weighted by atomic mass is 9.81. The second-order valence-electron chi connectivity index (χ2n) is 2.61. The third-order valence-corrected chi connectivity index (χ3v) is 1.84. The Morgan fingerprint density at radius 1 is 1.56 bits per heavy atom. The number of aliphatic hydroxyl groups excluding tert-OH is 1. The van der Waals surface area contributed by atoms with Crippen molar-refractivity contribution < 1.29 is 5.11 Å². The summed E-state index contributed by atoms with van der Waals surface area (Å²) >= 11 is 0. The van der Waals surface area contributed by atoms with Crippen LogP contribution in [0.15, 0.2) is 0 Å². The fourth-order valence-corrected chi connectivity index (χ4v) is 1.21. The fraction of sp³-hybridized carbons (Fsp3) is 1.00. The maximum atomic E-state index is 8.62. The summed E-state index contributed by atoms with van der Waals surface area (Å²) in [5.74, 6) is 0.552. The number of aliphatic hydroxyl groups is 1. The Bertz CT molecular complexity index is 81.1. The predicted molar refractivity (Wildman–Crippen MR) is 35.8 cm³/mol. The van der Waals surface area contributed by atoms with E-state index in [0.717, 1.165) is 12.8 Å². The van der Waals surface area contributed by atoms with E-state index in [1.807, 2.05) is 7.05 Å². The summed E-state index contributed by atoms with van der Waals surface area (Å²) in [4.78, 5) is 0. The van der Waals surface area contributed by atoms with Gasteiger partial charge in [-0.15, -0.1) is 0 Å². The van der Waals surface area contributed by atoms with Crippen molar-refractivity contribution in [2.45, 2.75) is 18.9 Å². The average molecular weight is 130 g/mol. The quantitative estimate of drug-likeness (QED) is 0.450. The molecule has 1 saturated carbocycles. The van der Waals surface area contributed by atoms with Gasteiger partial charge in [-0.3, -0.25) is 10.9 Å². The highest BCUT2D eigenvalue weighted by Crippen LogP contribution is 2.25. The Morgan fingerprint density at radius 3 is 2.67 bits per heavy atom. The smallest absolute Gasteiger partial charge is 0.0460 e. The molecule has 3 nitrogen and oxygen atoms in total. The van der Waals surface area contributed by atoms with Gasteiger partial charge >= 0.3 is 0 Å². The lowest BCUT2D eigenvalue weighted by Crippen LogP contribution is -2.47. The number of hydrazine groups is 1. The van der Waals surface area contributed by atoms with Crippen LogP contribution in [-0.4, -0.2) is 24.8 Å². The Morgan fingerprint density at radius 2 is 2.22 bits per heavy atom.